The number of alkyl halides is 2. The molecule has 0 bridgehead atoms. The smallest absolute Gasteiger partial charge is 0.387 e. The number of nitrogens with one attached hydrogen (secondary N) is 1. The van der Waals surface area contributed by atoms with Crippen LogP contribution in [0.4, 0.5) is 8.78 Å². The van der Waals surface area contributed by atoms with Crippen LogP contribution in [0.1, 0.15) is 28.8 Å². The van der Waals surface area contributed by atoms with E-state index >= 15 is 0 Å². The van der Waals surface area contributed by atoms with Crippen molar-refractivity contribution in [3.63, 3.8) is 0 Å². The van der Waals surface area contributed by atoms with Gasteiger partial charge in [0.15, 0.2) is 0 Å². The van der Waals surface area contributed by atoms with Crippen molar-refractivity contribution in [1.29, 1.82) is 0 Å². The second kappa shape index (κ2) is 9.41. The molecule has 1 atom stereocenters. The summed E-state index contributed by atoms with van der Waals surface area (Å²) in [5.41, 5.74) is 0.924. The van der Waals surface area contributed by atoms with Gasteiger partial charge >= 0.3 is 6.61 Å². The van der Waals surface area contributed by atoms with Crippen LogP contribution in [0.25, 0.3) is 0 Å². The Morgan fingerprint density at radius 3 is 2.59 bits per heavy atom. The molecule has 3 rings (SSSR count). The normalized spacial score (nSPS) is 16.2. The second-order valence-corrected chi connectivity index (χ2v) is 7.43. The van der Waals surface area contributed by atoms with Gasteiger partial charge in [-0.1, -0.05) is 35.3 Å². The van der Waals surface area contributed by atoms with Crippen molar-refractivity contribution in [2.45, 2.75) is 32.0 Å². The zero-order chi connectivity index (χ0) is 21.0. The fourth-order valence-corrected chi connectivity index (χ4v) is 3.79. The summed E-state index contributed by atoms with van der Waals surface area (Å²) >= 11 is 11.9. The van der Waals surface area contributed by atoms with E-state index in [2.05, 4.69) is 10.1 Å². The molecule has 0 saturated carbocycles. The molecule has 9 heteroatoms. The molecule has 1 unspecified atom stereocenters. The number of hydrogen-bond donors (Lipinski definition) is 1. The molecule has 2 amide bonds. The van der Waals surface area contributed by atoms with E-state index in [4.69, 9.17) is 23.2 Å². The van der Waals surface area contributed by atoms with E-state index in [9.17, 15) is 18.4 Å². The summed E-state index contributed by atoms with van der Waals surface area (Å²) in [5.74, 6) is -0.620. The predicted molar refractivity (Wildman–Crippen MR) is 105 cm³/mol. The number of rotatable bonds is 6. The van der Waals surface area contributed by atoms with Crippen molar-refractivity contribution < 1.29 is 23.1 Å². The van der Waals surface area contributed by atoms with Gasteiger partial charge in [-0.25, -0.2) is 0 Å². The Balaban J connectivity index is 1.65. The standard InChI is InChI=1S/C20H18Cl2F2N2O3/c21-14-8-13(9-15(22)10-14)19(28)26-6-2-5-17(26)18(27)25-11-12-3-1-4-16(7-12)29-20(23)24/h1,3-4,7-10,17,20H,2,5-6,11H2,(H,25,27). The third-order valence-corrected chi connectivity index (χ3v) is 4.95. The molecule has 1 fully saturated rings. The van der Waals surface area contributed by atoms with Crippen LogP contribution in [0.2, 0.25) is 10.0 Å². The lowest BCUT2D eigenvalue weighted by Gasteiger charge is -2.24. The van der Waals surface area contributed by atoms with Gasteiger partial charge in [-0.2, -0.15) is 8.78 Å². The average molecular weight is 443 g/mol. The molecule has 1 heterocycles. The lowest BCUT2D eigenvalue weighted by Crippen LogP contribution is -2.45. The first-order valence-corrected chi connectivity index (χ1v) is 9.67. The SMILES string of the molecule is O=C(NCc1cccc(OC(F)F)c1)C1CCCN1C(=O)c1cc(Cl)cc(Cl)c1. The van der Waals surface area contributed by atoms with Gasteiger partial charge in [-0.05, 0) is 48.7 Å². The maximum absolute atomic E-state index is 12.8. The Labute approximate surface area is 176 Å². The van der Waals surface area contributed by atoms with Crippen LogP contribution in [-0.2, 0) is 11.3 Å². The topological polar surface area (TPSA) is 58.6 Å². The molecule has 29 heavy (non-hydrogen) atoms. The first kappa shape index (κ1) is 21.3. The zero-order valence-electron chi connectivity index (χ0n) is 15.2. The van der Waals surface area contributed by atoms with Crippen molar-refractivity contribution >= 4 is 35.0 Å². The van der Waals surface area contributed by atoms with E-state index in [1.807, 2.05) is 0 Å². The summed E-state index contributed by atoms with van der Waals surface area (Å²) in [5, 5.41) is 3.43. The average Bonchev–Trinajstić information content (AvgIpc) is 3.14. The Bertz CT molecular complexity index is 891. The van der Waals surface area contributed by atoms with E-state index in [-0.39, 0.29) is 24.1 Å². The van der Waals surface area contributed by atoms with E-state index in [0.29, 0.717) is 40.6 Å². The van der Waals surface area contributed by atoms with Crippen molar-refractivity contribution in [1.82, 2.24) is 10.2 Å². The number of carbonyl (C=O) groups is 2. The summed E-state index contributed by atoms with van der Waals surface area (Å²) in [6, 6.07) is 10.0. The van der Waals surface area contributed by atoms with E-state index in [1.54, 1.807) is 12.1 Å². The first-order valence-electron chi connectivity index (χ1n) is 8.92. The molecule has 5 nitrogen and oxygen atoms in total. The number of hydrogen-bond acceptors (Lipinski definition) is 3. The van der Waals surface area contributed by atoms with E-state index in [1.165, 1.54) is 35.2 Å². The highest BCUT2D eigenvalue weighted by atomic mass is 35.5. The summed E-state index contributed by atoms with van der Waals surface area (Å²) in [7, 11) is 0. The number of ether oxygens (including phenoxy) is 1. The number of nitrogens with zero attached hydrogens (tertiary/aromatic N) is 1. The third kappa shape index (κ3) is 5.58. The summed E-state index contributed by atoms with van der Waals surface area (Å²) in [4.78, 5) is 27.0. The van der Waals surface area contributed by atoms with Crippen LogP contribution >= 0.6 is 23.2 Å². The molecule has 0 radical (unpaired) electrons. The summed E-state index contributed by atoms with van der Waals surface area (Å²) < 4.78 is 29.0. The van der Waals surface area contributed by atoms with E-state index < -0.39 is 12.7 Å². The maximum Gasteiger partial charge on any atom is 0.387 e. The van der Waals surface area contributed by atoms with Gasteiger partial charge in [-0.3, -0.25) is 9.59 Å². The maximum atomic E-state index is 12.8. The predicted octanol–water partition coefficient (Wildman–Crippen LogP) is 4.52. The van der Waals surface area contributed by atoms with Crippen LogP contribution in [0, 0.1) is 0 Å². The van der Waals surface area contributed by atoms with Gasteiger partial charge in [0.1, 0.15) is 11.8 Å². The monoisotopic (exact) mass is 442 g/mol. The molecule has 2 aromatic rings. The molecule has 2 aromatic carbocycles. The minimum absolute atomic E-state index is 0.0160. The fraction of sp³-hybridized carbons (Fsp3) is 0.300. The van der Waals surface area contributed by atoms with Crippen molar-refractivity contribution in [2.75, 3.05) is 6.54 Å². The van der Waals surface area contributed by atoms with Gasteiger partial charge in [-0.15, -0.1) is 0 Å². The quantitative estimate of drug-likeness (QED) is 0.715. The van der Waals surface area contributed by atoms with Gasteiger partial charge in [0.25, 0.3) is 5.91 Å². The van der Waals surface area contributed by atoms with Crippen LogP contribution in [0.15, 0.2) is 42.5 Å². The lowest BCUT2D eigenvalue weighted by molar-refractivity contribution is -0.125. The molecule has 154 valence electrons. The third-order valence-electron chi connectivity index (χ3n) is 4.52. The van der Waals surface area contributed by atoms with Crippen LogP contribution in [0.3, 0.4) is 0 Å². The number of likely N-dealkylation sites (tertiary alicyclic amines) is 1. The van der Waals surface area contributed by atoms with E-state index in [0.717, 1.165) is 0 Å². The Morgan fingerprint density at radius 1 is 1.17 bits per heavy atom. The molecular formula is C20H18Cl2F2N2O3. The van der Waals surface area contributed by atoms with Crippen LogP contribution in [0.5, 0.6) is 5.75 Å². The summed E-state index contributed by atoms with van der Waals surface area (Å²) in [6.45, 7) is -2.35. The number of carbonyl (C=O) groups excluding carboxylic acids is 2. The highest BCUT2D eigenvalue weighted by Gasteiger charge is 2.34. The molecule has 0 aromatic heterocycles. The highest BCUT2D eigenvalue weighted by Crippen LogP contribution is 2.25. The molecule has 1 aliphatic heterocycles. The first-order chi connectivity index (χ1) is 13.8. The number of benzene rings is 2. The van der Waals surface area contributed by atoms with Gasteiger partial charge < -0.3 is 15.0 Å². The zero-order valence-corrected chi connectivity index (χ0v) is 16.7. The van der Waals surface area contributed by atoms with Crippen LogP contribution in [-0.4, -0.2) is 35.9 Å². The Morgan fingerprint density at radius 2 is 1.90 bits per heavy atom. The molecule has 0 spiro atoms. The summed E-state index contributed by atoms with van der Waals surface area (Å²) in [6.07, 6.45) is 1.22. The molecule has 1 aliphatic rings. The van der Waals surface area contributed by atoms with Gasteiger partial charge in [0.05, 0.1) is 0 Å². The molecule has 1 saturated heterocycles. The van der Waals surface area contributed by atoms with Gasteiger partial charge in [0.2, 0.25) is 5.91 Å². The minimum Gasteiger partial charge on any atom is -0.435 e. The molecular weight excluding hydrogens is 425 g/mol. The minimum atomic E-state index is -2.92. The Hall–Kier alpha value is -2.38. The highest BCUT2D eigenvalue weighted by molar-refractivity contribution is 6.35. The van der Waals surface area contributed by atoms with Crippen molar-refractivity contribution in [3.05, 3.63) is 63.6 Å². The van der Waals surface area contributed by atoms with Crippen molar-refractivity contribution in [3.8, 4) is 5.75 Å². The number of halogens is 4. The largest absolute Gasteiger partial charge is 0.435 e. The number of amides is 2. The van der Waals surface area contributed by atoms with Crippen molar-refractivity contribution in [2.24, 2.45) is 0 Å². The lowest BCUT2D eigenvalue weighted by atomic mass is 10.1. The van der Waals surface area contributed by atoms with Gasteiger partial charge in [0, 0.05) is 28.7 Å². The fourth-order valence-electron chi connectivity index (χ4n) is 3.26. The molecule has 0 aliphatic carbocycles. The Kier molecular flexibility index (Phi) is 6.92. The second-order valence-electron chi connectivity index (χ2n) is 6.56. The van der Waals surface area contributed by atoms with Crippen LogP contribution < -0.4 is 10.1 Å². The molecule has 1 N–H and O–H groups in total.